The third-order valence-electron chi connectivity index (χ3n) is 4.53. The first-order valence-corrected chi connectivity index (χ1v) is 9.12. The highest BCUT2D eigenvalue weighted by Gasteiger charge is 2.11. The van der Waals surface area contributed by atoms with Crippen molar-refractivity contribution in [3.8, 4) is 34.0 Å². The van der Waals surface area contributed by atoms with Crippen LogP contribution in [0.15, 0.2) is 54.9 Å². The van der Waals surface area contributed by atoms with Gasteiger partial charge in [-0.3, -0.25) is 5.10 Å². The van der Waals surface area contributed by atoms with Crippen molar-refractivity contribution in [2.45, 2.75) is 6.54 Å². The molecule has 4 aromatic rings. The van der Waals surface area contributed by atoms with E-state index < -0.39 is 0 Å². The van der Waals surface area contributed by atoms with E-state index in [0.29, 0.717) is 29.7 Å². The van der Waals surface area contributed by atoms with Crippen LogP contribution >= 0.6 is 0 Å². The monoisotopic (exact) mass is 406 g/mol. The van der Waals surface area contributed by atoms with E-state index in [9.17, 15) is 4.39 Å². The number of aromatic nitrogens is 5. The fraction of sp³-hybridized carbons (Fsp3) is 0.143. The van der Waals surface area contributed by atoms with Crippen molar-refractivity contribution in [1.82, 2.24) is 25.4 Å². The Labute approximate surface area is 172 Å². The Morgan fingerprint density at radius 1 is 0.967 bits per heavy atom. The van der Waals surface area contributed by atoms with Crippen LogP contribution < -0.4 is 14.8 Å². The zero-order chi connectivity index (χ0) is 20.9. The number of nitrogens with zero attached hydrogens (tertiary/aromatic N) is 4. The molecule has 2 aromatic carbocycles. The summed E-state index contributed by atoms with van der Waals surface area (Å²) < 4.78 is 23.8. The van der Waals surface area contributed by atoms with E-state index in [1.807, 2.05) is 18.2 Å². The molecule has 0 aliphatic rings. The van der Waals surface area contributed by atoms with Crippen LogP contribution in [0.1, 0.15) is 5.56 Å². The minimum atomic E-state index is -0.288. The second-order valence-corrected chi connectivity index (χ2v) is 6.37. The maximum Gasteiger partial charge on any atom is 0.243 e. The van der Waals surface area contributed by atoms with Crippen molar-refractivity contribution in [1.29, 1.82) is 0 Å². The average molecular weight is 406 g/mol. The lowest BCUT2D eigenvalue weighted by atomic mass is 10.1. The van der Waals surface area contributed by atoms with Crippen LogP contribution in [0.25, 0.3) is 22.5 Å². The van der Waals surface area contributed by atoms with Crippen LogP contribution in [-0.2, 0) is 6.54 Å². The lowest BCUT2D eigenvalue weighted by Crippen LogP contribution is -2.05. The SMILES string of the molecule is COc1ccc(-c2cnnc(NCc3cn[nH]c3-c3ccc(F)cc3)n2)cc1OC. The summed E-state index contributed by atoms with van der Waals surface area (Å²) in [6.07, 6.45) is 3.28. The number of anilines is 1. The molecule has 0 saturated heterocycles. The molecule has 2 N–H and O–H groups in total. The van der Waals surface area contributed by atoms with Crippen LogP contribution in [0.5, 0.6) is 11.5 Å². The highest BCUT2D eigenvalue weighted by Crippen LogP contribution is 2.31. The summed E-state index contributed by atoms with van der Waals surface area (Å²) >= 11 is 0. The Morgan fingerprint density at radius 3 is 2.50 bits per heavy atom. The van der Waals surface area contributed by atoms with Gasteiger partial charge in [-0.25, -0.2) is 9.37 Å². The molecule has 152 valence electrons. The molecule has 4 rings (SSSR count). The number of hydrogen-bond donors (Lipinski definition) is 2. The number of aromatic amines is 1. The molecule has 0 atom stereocenters. The zero-order valence-electron chi connectivity index (χ0n) is 16.4. The van der Waals surface area contributed by atoms with Gasteiger partial charge in [0.15, 0.2) is 11.5 Å². The van der Waals surface area contributed by atoms with Gasteiger partial charge >= 0.3 is 0 Å². The van der Waals surface area contributed by atoms with Gasteiger partial charge in [-0.15, -0.1) is 5.10 Å². The van der Waals surface area contributed by atoms with E-state index in [2.05, 4.69) is 30.7 Å². The molecule has 0 saturated carbocycles. The first kappa shape index (κ1) is 19.3. The number of methoxy groups -OCH3 is 2. The highest BCUT2D eigenvalue weighted by molar-refractivity contribution is 5.65. The molecule has 0 bridgehead atoms. The molecular weight excluding hydrogens is 387 g/mol. The lowest BCUT2D eigenvalue weighted by molar-refractivity contribution is 0.355. The van der Waals surface area contributed by atoms with Gasteiger partial charge in [0, 0.05) is 23.2 Å². The maximum atomic E-state index is 13.2. The van der Waals surface area contributed by atoms with Crippen LogP contribution in [0, 0.1) is 5.82 Å². The Hall–Kier alpha value is -4.01. The summed E-state index contributed by atoms with van der Waals surface area (Å²) in [5.41, 5.74) is 3.98. The fourth-order valence-corrected chi connectivity index (χ4v) is 3.00. The fourth-order valence-electron chi connectivity index (χ4n) is 3.00. The van der Waals surface area contributed by atoms with Crippen LogP contribution in [-0.4, -0.2) is 39.6 Å². The molecule has 0 amide bonds. The minimum Gasteiger partial charge on any atom is -0.493 e. The number of rotatable bonds is 7. The quantitative estimate of drug-likeness (QED) is 0.483. The Kier molecular flexibility index (Phi) is 5.51. The lowest BCUT2D eigenvalue weighted by Gasteiger charge is -2.10. The molecule has 30 heavy (non-hydrogen) atoms. The van der Waals surface area contributed by atoms with Crippen LogP contribution in [0.4, 0.5) is 10.3 Å². The predicted octanol–water partition coefficient (Wildman–Crippen LogP) is 3.70. The van der Waals surface area contributed by atoms with Gasteiger partial charge in [0.25, 0.3) is 0 Å². The standard InChI is InChI=1S/C21H19FN6O2/c1-29-18-8-5-14(9-19(18)30-2)17-12-25-28-21(26-17)23-10-15-11-24-27-20(15)13-3-6-16(22)7-4-13/h3-9,11-12H,10H2,1-2H3,(H,24,27)(H,23,26,28). The van der Waals surface area contributed by atoms with Crippen molar-refractivity contribution >= 4 is 5.95 Å². The summed E-state index contributed by atoms with van der Waals surface area (Å²) in [7, 11) is 3.17. The third-order valence-corrected chi connectivity index (χ3v) is 4.53. The number of ether oxygens (including phenoxy) is 2. The summed E-state index contributed by atoms with van der Waals surface area (Å²) in [5, 5.41) is 18.3. The minimum absolute atomic E-state index is 0.288. The van der Waals surface area contributed by atoms with E-state index in [4.69, 9.17) is 9.47 Å². The van der Waals surface area contributed by atoms with Crippen molar-refractivity contribution < 1.29 is 13.9 Å². The topological polar surface area (TPSA) is 97.8 Å². The molecule has 0 spiro atoms. The van der Waals surface area contributed by atoms with E-state index >= 15 is 0 Å². The van der Waals surface area contributed by atoms with Crippen molar-refractivity contribution in [2.75, 3.05) is 19.5 Å². The van der Waals surface area contributed by atoms with Gasteiger partial charge in [0.2, 0.25) is 5.95 Å². The molecule has 0 radical (unpaired) electrons. The van der Waals surface area contributed by atoms with Gasteiger partial charge in [-0.2, -0.15) is 10.2 Å². The average Bonchev–Trinajstić information content (AvgIpc) is 3.26. The zero-order valence-corrected chi connectivity index (χ0v) is 16.4. The van der Waals surface area contributed by atoms with Gasteiger partial charge < -0.3 is 14.8 Å². The Bertz CT molecular complexity index is 1150. The van der Waals surface area contributed by atoms with Gasteiger partial charge in [-0.1, -0.05) is 0 Å². The van der Waals surface area contributed by atoms with Crippen LogP contribution in [0.3, 0.4) is 0 Å². The maximum absolute atomic E-state index is 13.2. The number of benzene rings is 2. The van der Waals surface area contributed by atoms with Crippen LogP contribution in [0.2, 0.25) is 0 Å². The van der Waals surface area contributed by atoms with E-state index in [1.165, 1.54) is 12.1 Å². The van der Waals surface area contributed by atoms with E-state index in [1.54, 1.807) is 38.7 Å². The second kappa shape index (κ2) is 8.56. The first-order chi connectivity index (χ1) is 14.7. The molecular formula is C21H19FN6O2. The molecule has 0 fully saturated rings. The molecule has 0 aliphatic carbocycles. The predicted molar refractivity (Wildman–Crippen MR) is 110 cm³/mol. The molecule has 2 aromatic heterocycles. The number of hydrogen-bond acceptors (Lipinski definition) is 7. The summed E-state index contributed by atoms with van der Waals surface area (Å²) in [5.74, 6) is 1.32. The summed E-state index contributed by atoms with van der Waals surface area (Å²) in [6.45, 7) is 0.417. The second-order valence-electron chi connectivity index (χ2n) is 6.37. The third kappa shape index (κ3) is 4.04. The van der Waals surface area contributed by atoms with Gasteiger partial charge in [0.1, 0.15) is 5.82 Å². The van der Waals surface area contributed by atoms with E-state index in [0.717, 1.165) is 22.4 Å². The van der Waals surface area contributed by atoms with Crippen molar-refractivity contribution in [2.24, 2.45) is 0 Å². The van der Waals surface area contributed by atoms with Gasteiger partial charge in [0.05, 0.1) is 38.0 Å². The number of H-pyrrole nitrogens is 1. The molecule has 0 unspecified atom stereocenters. The van der Waals surface area contributed by atoms with Crippen molar-refractivity contribution in [3.63, 3.8) is 0 Å². The van der Waals surface area contributed by atoms with Gasteiger partial charge in [-0.05, 0) is 42.5 Å². The number of nitrogens with one attached hydrogen (secondary N) is 2. The number of halogens is 1. The highest BCUT2D eigenvalue weighted by atomic mass is 19.1. The smallest absolute Gasteiger partial charge is 0.243 e. The first-order valence-electron chi connectivity index (χ1n) is 9.12. The Balaban J connectivity index is 1.53. The van der Waals surface area contributed by atoms with Crippen molar-refractivity contribution in [3.05, 3.63) is 66.2 Å². The summed E-state index contributed by atoms with van der Waals surface area (Å²) in [6, 6.07) is 11.7. The molecule has 2 heterocycles. The summed E-state index contributed by atoms with van der Waals surface area (Å²) in [4.78, 5) is 4.53. The Morgan fingerprint density at radius 2 is 1.73 bits per heavy atom. The molecule has 8 nitrogen and oxygen atoms in total. The van der Waals surface area contributed by atoms with E-state index in [-0.39, 0.29) is 5.82 Å². The molecule has 9 heteroatoms. The molecule has 0 aliphatic heterocycles. The largest absolute Gasteiger partial charge is 0.493 e. The normalized spacial score (nSPS) is 10.6.